The van der Waals surface area contributed by atoms with Gasteiger partial charge in [-0.2, -0.15) is 0 Å². The number of aryl methyl sites for hydroxylation is 1. The Balaban J connectivity index is 1.81. The zero-order valence-corrected chi connectivity index (χ0v) is 15.5. The smallest absolute Gasteiger partial charge is 0.305 e. The second-order valence-corrected chi connectivity index (χ2v) is 6.73. The van der Waals surface area contributed by atoms with Gasteiger partial charge in [0.05, 0.1) is 18.5 Å². The lowest BCUT2D eigenvalue weighted by atomic mass is 10.2. The number of nitrogens with zero attached hydrogens (tertiary/aromatic N) is 3. The zero-order chi connectivity index (χ0) is 17.8. The average Bonchev–Trinajstić information content (AvgIpc) is 3.22. The van der Waals surface area contributed by atoms with Gasteiger partial charge in [-0.15, -0.1) is 11.3 Å². The molecule has 3 aromatic rings. The molecule has 3 heterocycles. The third-order valence-electron chi connectivity index (χ3n) is 4.23. The molecule has 0 atom stereocenters. The van der Waals surface area contributed by atoms with E-state index in [2.05, 4.69) is 34.8 Å². The van der Waals surface area contributed by atoms with Crippen molar-refractivity contribution in [2.75, 3.05) is 7.11 Å². The number of ether oxygens (including phenoxy) is 1. The fraction of sp³-hybridized carbons (Fsp3) is 0.316. The molecule has 0 spiro atoms. The van der Waals surface area contributed by atoms with E-state index < -0.39 is 0 Å². The molecule has 0 fully saturated rings. The van der Waals surface area contributed by atoms with Crippen molar-refractivity contribution in [1.82, 2.24) is 14.5 Å². The van der Waals surface area contributed by atoms with Gasteiger partial charge in [0.2, 0.25) is 0 Å². The summed E-state index contributed by atoms with van der Waals surface area (Å²) < 4.78 is 6.94. The molecular formula is C19H21N3O2S. The average molecular weight is 355 g/mol. The number of esters is 1. The molecule has 0 aromatic carbocycles. The summed E-state index contributed by atoms with van der Waals surface area (Å²) in [6, 6.07) is 8.00. The molecule has 0 radical (unpaired) electrons. The van der Waals surface area contributed by atoms with E-state index in [9.17, 15) is 4.79 Å². The number of carbonyl (C=O) groups is 1. The first-order chi connectivity index (χ1) is 12.1. The molecule has 0 aliphatic rings. The van der Waals surface area contributed by atoms with Crippen LogP contribution in [0.25, 0.3) is 22.0 Å². The minimum absolute atomic E-state index is 0.165. The van der Waals surface area contributed by atoms with Gasteiger partial charge in [-0.1, -0.05) is 6.07 Å². The van der Waals surface area contributed by atoms with Crippen LogP contribution in [-0.4, -0.2) is 27.6 Å². The van der Waals surface area contributed by atoms with Crippen molar-refractivity contribution >= 4 is 17.3 Å². The van der Waals surface area contributed by atoms with Crippen molar-refractivity contribution < 1.29 is 9.53 Å². The highest BCUT2D eigenvalue weighted by Crippen LogP contribution is 2.31. The lowest BCUT2D eigenvalue weighted by molar-refractivity contribution is -0.140. The van der Waals surface area contributed by atoms with Crippen molar-refractivity contribution in [3.63, 3.8) is 0 Å². The van der Waals surface area contributed by atoms with Gasteiger partial charge in [0.15, 0.2) is 0 Å². The third-order valence-corrected chi connectivity index (χ3v) is 5.09. The van der Waals surface area contributed by atoms with Crippen LogP contribution in [0.3, 0.4) is 0 Å². The number of hydrogen-bond acceptors (Lipinski definition) is 5. The normalized spacial score (nSPS) is 10.8. The molecule has 25 heavy (non-hydrogen) atoms. The molecule has 0 bridgehead atoms. The quantitative estimate of drug-likeness (QED) is 0.621. The lowest BCUT2D eigenvalue weighted by Gasteiger charge is -2.09. The highest BCUT2D eigenvalue weighted by molar-refractivity contribution is 7.13. The molecule has 6 heteroatoms. The van der Waals surface area contributed by atoms with Crippen molar-refractivity contribution in [1.29, 1.82) is 0 Å². The first-order valence-corrected chi connectivity index (χ1v) is 9.09. The first-order valence-electron chi connectivity index (χ1n) is 8.21. The minimum atomic E-state index is -0.165. The molecule has 0 amide bonds. The van der Waals surface area contributed by atoms with Crippen LogP contribution >= 0.6 is 11.3 Å². The van der Waals surface area contributed by atoms with Gasteiger partial charge < -0.3 is 9.30 Å². The van der Waals surface area contributed by atoms with E-state index in [-0.39, 0.29) is 5.97 Å². The van der Waals surface area contributed by atoms with Crippen LogP contribution in [0, 0.1) is 13.8 Å². The number of hydrogen-bond donors (Lipinski definition) is 0. The van der Waals surface area contributed by atoms with Crippen LogP contribution in [0.1, 0.15) is 24.2 Å². The Hall–Kier alpha value is -2.47. The van der Waals surface area contributed by atoms with E-state index in [0.29, 0.717) is 6.42 Å². The van der Waals surface area contributed by atoms with Crippen LogP contribution < -0.4 is 0 Å². The monoisotopic (exact) mass is 355 g/mol. The molecule has 0 N–H and O–H groups in total. The largest absolute Gasteiger partial charge is 0.469 e. The zero-order valence-electron chi connectivity index (χ0n) is 14.7. The Morgan fingerprint density at radius 2 is 2.12 bits per heavy atom. The third kappa shape index (κ3) is 3.79. The molecule has 3 aromatic heterocycles. The summed E-state index contributed by atoms with van der Waals surface area (Å²) in [7, 11) is 1.42. The van der Waals surface area contributed by atoms with E-state index in [1.165, 1.54) is 18.5 Å². The molecule has 0 unspecified atom stereocenters. The molecule has 0 saturated carbocycles. The van der Waals surface area contributed by atoms with Gasteiger partial charge in [0.1, 0.15) is 5.01 Å². The summed E-state index contributed by atoms with van der Waals surface area (Å²) >= 11 is 1.60. The molecule has 0 aliphatic carbocycles. The molecule has 130 valence electrons. The standard InChI is InChI=1S/C19H21N3O2S/c1-13-11-15(14(2)22(13)10-6-8-18(23)24-3)17-12-25-19(21-17)16-7-4-5-9-20-16/h4-5,7,9,11-12H,6,8,10H2,1-3H3. The van der Waals surface area contributed by atoms with Crippen LogP contribution in [0.4, 0.5) is 0 Å². The fourth-order valence-corrected chi connectivity index (χ4v) is 3.69. The predicted molar refractivity (Wildman–Crippen MR) is 99.5 cm³/mol. The molecule has 0 saturated heterocycles. The van der Waals surface area contributed by atoms with Gasteiger partial charge >= 0.3 is 5.97 Å². The maximum Gasteiger partial charge on any atom is 0.305 e. The fourth-order valence-electron chi connectivity index (χ4n) is 2.89. The number of methoxy groups -OCH3 is 1. The van der Waals surface area contributed by atoms with Crippen LogP contribution in [0.5, 0.6) is 0 Å². The van der Waals surface area contributed by atoms with Gasteiger partial charge in [-0.3, -0.25) is 9.78 Å². The molecule has 3 rings (SSSR count). The van der Waals surface area contributed by atoms with Crippen LogP contribution in [-0.2, 0) is 16.1 Å². The van der Waals surface area contributed by atoms with Crippen LogP contribution in [0.2, 0.25) is 0 Å². The predicted octanol–water partition coefficient (Wildman–Crippen LogP) is 4.24. The maximum atomic E-state index is 11.3. The Labute approximate surface area is 151 Å². The Morgan fingerprint density at radius 3 is 2.84 bits per heavy atom. The first kappa shape index (κ1) is 17.4. The number of pyridine rings is 1. The number of aromatic nitrogens is 3. The Bertz CT molecular complexity index is 868. The highest BCUT2D eigenvalue weighted by Gasteiger charge is 2.15. The number of thiazole rings is 1. The summed E-state index contributed by atoms with van der Waals surface area (Å²) in [5, 5.41) is 3.00. The van der Waals surface area contributed by atoms with E-state index in [1.54, 1.807) is 17.5 Å². The summed E-state index contributed by atoms with van der Waals surface area (Å²) in [6.45, 7) is 4.98. The molecule has 5 nitrogen and oxygen atoms in total. The number of rotatable bonds is 6. The Morgan fingerprint density at radius 1 is 1.28 bits per heavy atom. The lowest BCUT2D eigenvalue weighted by Crippen LogP contribution is -2.06. The number of carbonyl (C=O) groups excluding carboxylic acids is 1. The second-order valence-electron chi connectivity index (χ2n) is 5.87. The van der Waals surface area contributed by atoms with E-state index >= 15 is 0 Å². The van der Waals surface area contributed by atoms with E-state index in [0.717, 1.165) is 34.9 Å². The summed E-state index contributed by atoms with van der Waals surface area (Å²) in [6.07, 6.45) is 2.98. The molecular weight excluding hydrogens is 334 g/mol. The van der Waals surface area contributed by atoms with Gasteiger partial charge in [0.25, 0.3) is 0 Å². The van der Waals surface area contributed by atoms with Crippen LogP contribution in [0.15, 0.2) is 35.8 Å². The Kier molecular flexibility index (Phi) is 5.28. The SMILES string of the molecule is COC(=O)CCCn1c(C)cc(-c2csc(-c3ccccn3)n2)c1C. The maximum absolute atomic E-state index is 11.3. The summed E-state index contributed by atoms with van der Waals surface area (Å²) in [5.41, 5.74) is 5.34. The van der Waals surface area contributed by atoms with Crippen molar-refractivity contribution in [2.24, 2.45) is 0 Å². The van der Waals surface area contributed by atoms with Gasteiger partial charge in [0, 0.05) is 41.5 Å². The minimum Gasteiger partial charge on any atom is -0.469 e. The molecule has 0 aliphatic heterocycles. The topological polar surface area (TPSA) is 57.0 Å². The van der Waals surface area contributed by atoms with Crippen molar-refractivity contribution in [3.8, 4) is 22.0 Å². The van der Waals surface area contributed by atoms with Crippen molar-refractivity contribution in [3.05, 3.63) is 47.2 Å². The summed E-state index contributed by atoms with van der Waals surface area (Å²) in [4.78, 5) is 20.4. The highest BCUT2D eigenvalue weighted by atomic mass is 32.1. The van der Waals surface area contributed by atoms with Gasteiger partial charge in [-0.05, 0) is 38.5 Å². The van der Waals surface area contributed by atoms with Gasteiger partial charge in [-0.25, -0.2) is 4.98 Å². The second kappa shape index (κ2) is 7.61. The van der Waals surface area contributed by atoms with E-state index in [4.69, 9.17) is 9.72 Å². The van der Waals surface area contributed by atoms with Crippen molar-refractivity contribution in [2.45, 2.75) is 33.2 Å². The summed E-state index contributed by atoms with van der Waals surface area (Å²) in [5.74, 6) is -0.165. The van der Waals surface area contributed by atoms with E-state index in [1.807, 2.05) is 18.2 Å².